The van der Waals surface area contributed by atoms with Crippen LogP contribution in [0.2, 0.25) is 0 Å². The van der Waals surface area contributed by atoms with E-state index in [1.54, 1.807) is 4.90 Å². The highest BCUT2D eigenvalue weighted by Crippen LogP contribution is 2.05. The van der Waals surface area contributed by atoms with Gasteiger partial charge in [0.2, 0.25) is 0 Å². The Bertz CT molecular complexity index is 437. The lowest BCUT2D eigenvalue weighted by Gasteiger charge is -2.33. The molecule has 108 valence electrons. The first-order valence-electron chi connectivity index (χ1n) is 7.15. The molecule has 0 N–H and O–H groups in total. The van der Waals surface area contributed by atoms with Gasteiger partial charge >= 0.3 is 6.09 Å². The largest absolute Gasteiger partial charge is 0.450 e. The summed E-state index contributed by atoms with van der Waals surface area (Å²) in [5.41, 5.74) is 1.22. The van der Waals surface area contributed by atoms with Crippen LogP contribution >= 0.6 is 0 Å². The van der Waals surface area contributed by atoms with Crippen LogP contribution < -0.4 is 0 Å². The van der Waals surface area contributed by atoms with Crippen LogP contribution in [0.25, 0.3) is 6.08 Å². The Morgan fingerprint density at radius 3 is 2.55 bits per heavy atom. The highest BCUT2D eigenvalue weighted by atomic mass is 16.6. The van der Waals surface area contributed by atoms with E-state index < -0.39 is 0 Å². The maximum atomic E-state index is 11.6. The predicted octanol–water partition coefficient (Wildman–Crippen LogP) is 2.47. The van der Waals surface area contributed by atoms with Gasteiger partial charge in [-0.25, -0.2) is 4.79 Å². The molecule has 0 aromatic heterocycles. The summed E-state index contributed by atoms with van der Waals surface area (Å²) in [6.45, 7) is 6.50. The molecule has 1 aliphatic heterocycles. The third-order valence-electron chi connectivity index (χ3n) is 3.37. The first kappa shape index (κ1) is 14.6. The molecule has 20 heavy (non-hydrogen) atoms. The topological polar surface area (TPSA) is 32.8 Å². The molecule has 0 bridgehead atoms. The molecule has 0 atom stereocenters. The van der Waals surface area contributed by atoms with E-state index in [1.165, 1.54) is 5.56 Å². The maximum Gasteiger partial charge on any atom is 0.409 e. The molecule has 1 aromatic carbocycles. The van der Waals surface area contributed by atoms with Crippen molar-refractivity contribution >= 4 is 12.2 Å². The number of carbonyl (C=O) groups excluding carboxylic acids is 1. The normalized spacial score (nSPS) is 16.6. The molecule has 0 unspecified atom stereocenters. The van der Waals surface area contributed by atoms with E-state index in [-0.39, 0.29) is 6.09 Å². The Balaban J connectivity index is 1.72. The quantitative estimate of drug-likeness (QED) is 0.845. The minimum absolute atomic E-state index is 0.188. The molecule has 2 rings (SSSR count). The predicted molar refractivity (Wildman–Crippen MR) is 80.5 cm³/mol. The van der Waals surface area contributed by atoms with Crippen molar-refractivity contribution in [3.63, 3.8) is 0 Å². The van der Waals surface area contributed by atoms with Crippen LogP contribution in [0.1, 0.15) is 12.5 Å². The molecule has 1 heterocycles. The minimum atomic E-state index is -0.188. The van der Waals surface area contributed by atoms with Crippen molar-refractivity contribution in [3.05, 3.63) is 42.0 Å². The summed E-state index contributed by atoms with van der Waals surface area (Å²) >= 11 is 0. The lowest BCUT2D eigenvalue weighted by atomic mass is 10.2. The number of hydrogen-bond acceptors (Lipinski definition) is 3. The Morgan fingerprint density at radius 1 is 1.20 bits per heavy atom. The van der Waals surface area contributed by atoms with Crippen molar-refractivity contribution in [3.8, 4) is 0 Å². The molecule has 0 aliphatic carbocycles. The number of piperazine rings is 1. The van der Waals surface area contributed by atoms with Crippen molar-refractivity contribution in [2.24, 2.45) is 0 Å². The van der Waals surface area contributed by atoms with E-state index in [2.05, 4.69) is 29.2 Å². The van der Waals surface area contributed by atoms with Gasteiger partial charge in [-0.2, -0.15) is 0 Å². The van der Waals surface area contributed by atoms with Crippen molar-refractivity contribution in [2.45, 2.75) is 6.92 Å². The number of hydrogen-bond donors (Lipinski definition) is 0. The van der Waals surface area contributed by atoms with Crippen LogP contribution in [0.4, 0.5) is 4.79 Å². The van der Waals surface area contributed by atoms with Gasteiger partial charge in [-0.15, -0.1) is 0 Å². The standard InChI is InChI=1S/C16H22N2O2/c1-2-20-16(19)18-13-11-17(12-14-18)10-6-9-15-7-4-3-5-8-15/h3-9H,2,10-14H2,1H3. The van der Waals surface area contributed by atoms with Gasteiger partial charge in [0, 0.05) is 32.7 Å². The van der Waals surface area contributed by atoms with Crippen molar-refractivity contribution in [1.82, 2.24) is 9.80 Å². The molecule has 1 aromatic rings. The zero-order chi connectivity index (χ0) is 14.2. The second-order valence-electron chi connectivity index (χ2n) is 4.80. The van der Waals surface area contributed by atoms with E-state index in [0.29, 0.717) is 6.61 Å². The van der Waals surface area contributed by atoms with E-state index in [0.717, 1.165) is 32.7 Å². The number of amides is 1. The molecule has 1 saturated heterocycles. The summed E-state index contributed by atoms with van der Waals surface area (Å²) in [7, 11) is 0. The van der Waals surface area contributed by atoms with Gasteiger partial charge in [0.05, 0.1) is 6.61 Å². The number of carbonyl (C=O) groups is 1. The highest BCUT2D eigenvalue weighted by Gasteiger charge is 2.20. The smallest absolute Gasteiger partial charge is 0.409 e. The number of rotatable bonds is 4. The molecule has 1 amide bonds. The summed E-state index contributed by atoms with van der Waals surface area (Å²) in [6, 6.07) is 10.3. The van der Waals surface area contributed by atoms with Gasteiger partial charge in [-0.3, -0.25) is 4.90 Å². The van der Waals surface area contributed by atoms with E-state index in [4.69, 9.17) is 4.74 Å². The van der Waals surface area contributed by atoms with Crippen LogP contribution in [-0.4, -0.2) is 55.2 Å². The van der Waals surface area contributed by atoms with Gasteiger partial charge in [0.1, 0.15) is 0 Å². The average Bonchev–Trinajstić information content (AvgIpc) is 2.49. The van der Waals surface area contributed by atoms with Gasteiger partial charge in [0.25, 0.3) is 0 Å². The lowest BCUT2D eigenvalue weighted by molar-refractivity contribution is 0.0825. The van der Waals surface area contributed by atoms with Gasteiger partial charge in [-0.05, 0) is 12.5 Å². The van der Waals surface area contributed by atoms with Gasteiger partial charge in [-0.1, -0.05) is 42.5 Å². The van der Waals surface area contributed by atoms with Crippen LogP contribution in [-0.2, 0) is 4.74 Å². The third kappa shape index (κ3) is 4.38. The SMILES string of the molecule is CCOC(=O)N1CCN(CC=Cc2ccccc2)CC1. The number of nitrogens with zero attached hydrogens (tertiary/aromatic N) is 2. The first-order chi connectivity index (χ1) is 9.79. The number of ether oxygens (including phenoxy) is 1. The Kier molecular flexibility index (Phi) is 5.62. The first-order valence-corrected chi connectivity index (χ1v) is 7.15. The molecule has 1 fully saturated rings. The summed E-state index contributed by atoms with van der Waals surface area (Å²) in [5, 5.41) is 0. The van der Waals surface area contributed by atoms with Crippen LogP contribution in [0.5, 0.6) is 0 Å². The highest BCUT2D eigenvalue weighted by molar-refractivity contribution is 5.67. The fourth-order valence-electron chi connectivity index (χ4n) is 2.23. The zero-order valence-electron chi connectivity index (χ0n) is 12.0. The zero-order valence-corrected chi connectivity index (χ0v) is 12.0. The van der Waals surface area contributed by atoms with Crippen LogP contribution in [0.3, 0.4) is 0 Å². The van der Waals surface area contributed by atoms with E-state index in [1.807, 2.05) is 25.1 Å². The average molecular weight is 274 g/mol. The third-order valence-corrected chi connectivity index (χ3v) is 3.37. The van der Waals surface area contributed by atoms with Crippen molar-refractivity contribution in [1.29, 1.82) is 0 Å². The Hall–Kier alpha value is -1.81. The van der Waals surface area contributed by atoms with Crippen LogP contribution in [0, 0.1) is 0 Å². The Labute approximate surface area is 120 Å². The molecular formula is C16H22N2O2. The molecule has 4 nitrogen and oxygen atoms in total. The molecule has 4 heteroatoms. The molecule has 0 saturated carbocycles. The molecule has 1 aliphatic rings. The molecule has 0 spiro atoms. The van der Waals surface area contributed by atoms with Crippen LogP contribution in [0.15, 0.2) is 36.4 Å². The Morgan fingerprint density at radius 2 is 1.90 bits per heavy atom. The van der Waals surface area contributed by atoms with Gasteiger partial charge in [0.15, 0.2) is 0 Å². The minimum Gasteiger partial charge on any atom is -0.450 e. The van der Waals surface area contributed by atoms with Gasteiger partial charge < -0.3 is 9.64 Å². The van der Waals surface area contributed by atoms with E-state index >= 15 is 0 Å². The van der Waals surface area contributed by atoms with Crippen molar-refractivity contribution < 1.29 is 9.53 Å². The fourth-order valence-corrected chi connectivity index (χ4v) is 2.23. The summed E-state index contributed by atoms with van der Waals surface area (Å²) in [4.78, 5) is 15.7. The van der Waals surface area contributed by atoms with E-state index in [9.17, 15) is 4.79 Å². The lowest BCUT2D eigenvalue weighted by Crippen LogP contribution is -2.48. The fraction of sp³-hybridized carbons (Fsp3) is 0.438. The summed E-state index contributed by atoms with van der Waals surface area (Å²) < 4.78 is 5.01. The second-order valence-corrected chi connectivity index (χ2v) is 4.80. The summed E-state index contributed by atoms with van der Waals surface area (Å²) in [5.74, 6) is 0. The van der Waals surface area contributed by atoms with Crippen molar-refractivity contribution in [2.75, 3.05) is 39.3 Å². The monoisotopic (exact) mass is 274 g/mol. The molecular weight excluding hydrogens is 252 g/mol. The summed E-state index contributed by atoms with van der Waals surface area (Å²) in [6.07, 6.45) is 4.12. The second kappa shape index (κ2) is 7.70. The number of benzene rings is 1. The molecule has 0 radical (unpaired) electrons. The maximum absolute atomic E-state index is 11.6.